The maximum Gasteiger partial charge on any atom is 0.226 e. The van der Waals surface area contributed by atoms with Crippen molar-refractivity contribution in [2.45, 2.75) is 88.8 Å². The third-order valence-electron chi connectivity index (χ3n) is 7.24. The van der Waals surface area contributed by atoms with E-state index in [1.807, 2.05) is 0 Å². The summed E-state index contributed by atoms with van der Waals surface area (Å²) in [6, 6.07) is 0.818. The average molecular weight is 335 g/mol. The van der Waals surface area contributed by atoms with E-state index in [0.717, 1.165) is 38.8 Å². The lowest BCUT2D eigenvalue weighted by Gasteiger charge is -2.45. The van der Waals surface area contributed by atoms with Crippen molar-refractivity contribution in [2.75, 3.05) is 13.2 Å². The zero-order valence-corrected chi connectivity index (χ0v) is 15.0. The molecular formula is C20H34N2O2. The van der Waals surface area contributed by atoms with Crippen molar-refractivity contribution in [1.82, 2.24) is 4.90 Å². The molecule has 0 aromatic rings. The van der Waals surface area contributed by atoms with Crippen LogP contribution in [0.25, 0.3) is 0 Å². The SMILES string of the molecule is NC1C2CCCC1CC(C(=O)N(CC1CCCO1)C1CCCC1)C2. The van der Waals surface area contributed by atoms with Crippen LogP contribution in [0.2, 0.25) is 0 Å². The summed E-state index contributed by atoms with van der Waals surface area (Å²) in [7, 11) is 0. The van der Waals surface area contributed by atoms with Gasteiger partial charge in [-0.3, -0.25) is 4.79 Å². The lowest BCUT2D eigenvalue weighted by atomic mass is 9.65. The molecule has 2 N–H and O–H groups in total. The highest BCUT2D eigenvalue weighted by atomic mass is 16.5. The summed E-state index contributed by atoms with van der Waals surface area (Å²) in [6.45, 7) is 1.71. The zero-order chi connectivity index (χ0) is 16.5. The highest BCUT2D eigenvalue weighted by molar-refractivity contribution is 5.79. The molecule has 0 aromatic carbocycles. The summed E-state index contributed by atoms with van der Waals surface area (Å²) in [5.41, 5.74) is 6.43. The number of ether oxygens (including phenoxy) is 1. The van der Waals surface area contributed by atoms with Gasteiger partial charge in [0.15, 0.2) is 0 Å². The monoisotopic (exact) mass is 334 g/mol. The number of fused-ring (bicyclic) bond motifs is 2. The molecule has 0 spiro atoms. The standard InChI is InChI=1S/C20H34N2O2/c21-19-14-5-3-6-15(19)12-16(11-14)20(23)22(17-7-1-2-8-17)13-18-9-4-10-24-18/h14-19H,1-13,21H2. The van der Waals surface area contributed by atoms with Gasteiger partial charge in [-0.25, -0.2) is 0 Å². The number of hydrogen-bond acceptors (Lipinski definition) is 3. The van der Waals surface area contributed by atoms with Crippen LogP contribution in [-0.2, 0) is 9.53 Å². The van der Waals surface area contributed by atoms with E-state index in [1.165, 1.54) is 44.9 Å². The van der Waals surface area contributed by atoms with Crippen LogP contribution in [0, 0.1) is 17.8 Å². The molecule has 4 heteroatoms. The van der Waals surface area contributed by atoms with Gasteiger partial charge in [0, 0.05) is 31.2 Å². The van der Waals surface area contributed by atoms with Gasteiger partial charge in [0.2, 0.25) is 5.91 Å². The zero-order valence-electron chi connectivity index (χ0n) is 15.0. The van der Waals surface area contributed by atoms with Gasteiger partial charge in [-0.05, 0) is 63.2 Å². The Labute approximate surface area is 146 Å². The summed E-state index contributed by atoms with van der Waals surface area (Å²) in [4.78, 5) is 15.7. The van der Waals surface area contributed by atoms with Crippen molar-refractivity contribution in [3.63, 3.8) is 0 Å². The van der Waals surface area contributed by atoms with E-state index in [2.05, 4.69) is 4.90 Å². The molecule has 1 amide bonds. The van der Waals surface area contributed by atoms with Gasteiger partial charge in [-0.1, -0.05) is 19.3 Å². The molecule has 3 aliphatic carbocycles. The number of nitrogens with zero attached hydrogens (tertiary/aromatic N) is 1. The minimum atomic E-state index is 0.224. The molecule has 0 radical (unpaired) electrons. The van der Waals surface area contributed by atoms with E-state index in [-0.39, 0.29) is 12.0 Å². The van der Waals surface area contributed by atoms with Crippen LogP contribution in [-0.4, -0.2) is 42.1 Å². The molecule has 3 atom stereocenters. The third-order valence-corrected chi connectivity index (χ3v) is 7.24. The van der Waals surface area contributed by atoms with Gasteiger partial charge in [0.1, 0.15) is 0 Å². The molecule has 1 saturated heterocycles. The normalized spacial score (nSPS) is 40.0. The van der Waals surface area contributed by atoms with Gasteiger partial charge in [0.25, 0.3) is 0 Å². The number of carbonyl (C=O) groups is 1. The Kier molecular flexibility index (Phi) is 5.14. The Morgan fingerprint density at radius 2 is 1.67 bits per heavy atom. The van der Waals surface area contributed by atoms with Crippen LogP contribution in [0.15, 0.2) is 0 Å². The largest absolute Gasteiger partial charge is 0.376 e. The smallest absolute Gasteiger partial charge is 0.226 e. The van der Waals surface area contributed by atoms with Crippen LogP contribution in [0.4, 0.5) is 0 Å². The molecule has 4 fully saturated rings. The van der Waals surface area contributed by atoms with Crippen LogP contribution in [0.3, 0.4) is 0 Å². The predicted octanol–water partition coefficient (Wildman–Crippen LogP) is 3.09. The second-order valence-electron chi connectivity index (χ2n) is 8.76. The first-order valence-corrected chi connectivity index (χ1v) is 10.4. The first-order valence-electron chi connectivity index (χ1n) is 10.4. The number of nitrogens with two attached hydrogens (primary N) is 1. The third kappa shape index (κ3) is 3.37. The van der Waals surface area contributed by atoms with Crippen LogP contribution in [0.1, 0.15) is 70.6 Å². The first kappa shape index (κ1) is 16.8. The minimum Gasteiger partial charge on any atom is -0.376 e. The van der Waals surface area contributed by atoms with E-state index in [9.17, 15) is 4.79 Å². The first-order chi connectivity index (χ1) is 11.7. The average Bonchev–Trinajstić information content (AvgIpc) is 3.25. The molecule has 136 valence electrons. The van der Waals surface area contributed by atoms with Crippen molar-refractivity contribution in [3.05, 3.63) is 0 Å². The molecule has 0 aromatic heterocycles. The highest BCUT2D eigenvalue weighted by Gasteiger charge is 2.43. The van der Waals surface area contributed by atoms with Crippen molar-refractivity contribution < 1.29 is 9.53 Å². The number of rotatable bonds is 4. The maximum absolute atomic E-state index is 13.4. The van der Waals surface area contributed by atoms with Gasteiger partial charge in [-0.15, -0.1) is 0 Å². The van der Waals surface area contributed by atoms with Crippen LogP contribution >= 0.6 is 0 Å². The topological polar surface area (TPSA) is 55.6 Å². The van der Waals surface area contributed by atoms with Crippen molar-refractivity contribution in [3.8, 4) is 0 Å². The number of hydrogen-bond donors (Lipinski definition) is 1. The molecule has 24 heavy (non-hydrogen) atoms. The van der Waals surface area contributed by atoms with Gasteiger partial charge < -0.3 is 15.4 Å². The predicted molar refractivity (Wildman–Crippen MR) is 94.5 cm³/mol. The fraction of sp³-hybridized carbons (Fsp3) is 0.950. The van der Waals surface area contributed by atoms with Gasteiger partial charge in [0.05, 0.1) is 6.10 Å². The second-order valence-corrected chi connectivity index (χ2v) is 8.76. The molecule has 1 heterocycles. The number of carbonyl (C=O) groups excluding carboxylic acids is 1. The molecule has 1 aliphatic heterocycles. The fourth-order valence-electron chi connectivity index (χ4n) is 5.87. The van der Waals surface area contributed by atoms with Crippen molar-refractivity contribution in [1.29, 1.82) is 0 Å². The number of amides is 1. The van der Waals surface area contributed by atoms with E-state index < -0.39 is 0 Å². The Morgan fingerprint density at radius 3 is 2.29 bits per heavy atom. The van der Waals surface area contributed by atoms with Crippen LogP contribution in [0.5, 0.6) is 0 Å². The Hall–Kier alpha value is -0.610. The van der Waals surface area contributed by atoms with E-state index in [0.29, 0.717) is 29.8 Å². The molecular weight excluding hydrogens is 300 g/mol. The summed E-state index contributed by atoms with van der Waals surface area (Å²) >= 11 is 0. The van der Waals surface area contributed by atoms with E-state index >= 15 is 0 Å². The Morgan fingerprint density at radius 1 is 0.958 bits per heavy atom. The van der Waals surface area contributed by atoms with Gasteiger partial charge in [-0.2, -0.15) is 0 Å². The molecule has 2 bridgehead atoms. The molecule has 4 aliphatic rings. The fourth-order valence-corrected chi connectivity index (χ4v) is 5.87. The summed E-state index contributed by atoms with van der Waals surface area (Å²) in [5, 5.41) is 0. The molecule has 4 nitrogen and oxygen atoms in total. The summed E-state index contributed by atoms with van der Waals surface area (Å²) in [6.07, 6.45) is 13.3. The van der Waals surface area contributed by atoms with E-state index in [4.69, 9.17) is 10.5 Å². The maximum atomic E-state index is 13.4. The van der Waals surface area contributed by atoms with Crippen molar-refractivity contribution in [2.24, 2.45) is 23.5 Å². The molecule has 4 rings (SSSR count). The minimum absolute atomic E-state index is 0.224. The second kappa shape index (κ2) is 7.33. The van der Waals surface area contributed by atoms with Gasteiger partial charge >= 0.3 is 0 Å². The Balaban J connectivity index is 1.45. The van der Waals surface area contributed by atoms with Crippen LogP contribution < -0.4 is 5.73 Å². The summed E-state index contributed by atoms with van der Waals surface area (Å²) < 4.78 is 5.86. The molecule has 3 unspecified atom stereocenters. The van der Waals surface area contributed by atoms with Crippen molar-refractivity contribution >= 4 is 5.91 Å². The Bertz CT molecular complexity index is 429. The molecule has 3 saturated carbocycles. The highest BCUT2D eigenvalue weighted by Crippen LogP contribution is 2.43. The lowest BCUT2D eigenvalue weighted by Crippen LogP contribution is -2.52. The quantitative estimate of drug-likeness (QED) is 0.859. The van der Waals surface area contributed by atoms with E-state index in [1.54, 1.807) is 0 Å². The summed E-state index contributed by atoms with van der Waals surface area (Å²) in [5.74, 6) is 1.82. The lowest BCUT2D eigenvalue weighted by molar-refractivity contribution is -0.142.